The third-order valence-electron chi connectivity index (χ3n) is 1.59. The zero-order chi connectivity index (χ0) is 13.4. The Morgan fingerprint density at radius 2 is 1.41 bits per heavy atom. The van der Waals surface area contributed by atoms with Crippen molar-refractivity contribution in [3.05, 3.63) is 22.2 Å². The molecule has 0 bridgehead atoms. The van der Waals surface area contributed by atoms with E-state index in [4.69, 9.17) is 33.5 Å². The SMILES string of the molecule is NS(=O)(=O)Nc1c(Cl)cc(S(N)(=O)=O)cc1Cl. The molecular weight excluding hydrogens is 313 g/mol. The predicted octanol–water partition coefficient (Wildman–Crippen LogP) is 0.256. The molecule has 0 saturated heterocycles. The van der Waals surface area contributed by atoms with Crippen LogP contribution >= 0.6 is 23.2 Å². The zero-order valence-electron chi connectivity index (χ0n) is 8.01. The van der Waals surface area contributed by atoms with Crippen LogP contribution < -0.4 is 15.0 Å². The van der Waals surface area contributed by atoms with Crippen LogP contribution in [0.15, 0.2) is 17.0 Å². The minimum atomic E-state index is -4.07. The molecule has 17 heavy (non-hydrogen) atoms. The van der Waals surface area contributed by atoms with Crippen molar-refractivity contribution in [1.29, 1.82) is 0 Å². The van der Waals surface area contributed by atoms with Gasteiger partial charge >= 0.3 is 0 Å². The minimum Gasteiger partial charge on any atom is -0.268 e. The first kappa shape index (κ1) is 14.5. The van der Waals surface area contributed by atoms with E-state index in [-0.39, 0.29) is 20.6 Å². The number of hydrogen-bond donors (Lipinski definition) is 3. The molecule has 0 fully saturated rings. The molecule has 0 aliphatic rings. The van der Waals surface area contributed by atoms with Crippen molar-refractivity contribution in [3.8, 4) is 0 Å². The highest BCUT2D eigenvalue weighted by molar-refractivity contribution is 7.90. The number of benzene rings is 1. The molecule has 96 valence electrons. The summed E-state index contributed by atoms with van der Waals surface area (Å²) in [5.41, 5.74) is -0.219. The number of sulfonamides is 1. The molecule has 11 heteroatoms. The fraction of sp³-hybridized carbons (Fsp3) is 0. The van der Waals surface area contributed by atoms with Crippen LogP contribution in [0, 0.1) is 0 Å². The Hall–Kier alpha value is -0.580. The van der Waals surface area contributed by atoms with Gasteiger partial charge in [-0.25, -0.2) is 18.7 Å². The van der Waals surface area contributed by atoms with E-state index in [1.54, 1.807) is 0 Å². The summed E-state index contributed by atoms with van der Waals surface area (Å²) in [5.74, 6) is 0. The maximum absolute atomic E-state index is 11.0. The second kappa shape index (κ2) is 4.59. The van der Waals surface area contributed by atoms with Crippen LogP contribution in [0.3, 0.4) is 0 Å². The van der Waals surface area contributed by atoms with E-state index >= 15 is 0 Å². The lowest BCUT2D eigenvalue weighted by Gasteiger charge is -2.09. The molecule has 0 heterocycles. The first-order valence-corrected chi connectivity index (χ1v) is 7.68. The van der Waals surface area contributed by atoms with E-state index in [2.05, 4.69) is 0 Å². The van der Waals surface area contributed by atoms with Crippen LogP contribution in [0.5, 0.6) is 0 Å². The molecule has 0 amide bonds. The average Bonchev–Trinajstić information content (AvgIpc) is 2.07. The molecule has 0 aromatic heterocycles. The Kier molecular flexibility index (Phi) is 3.91. The second-order valence-corrected chi connectivity index (χ2v) is 6.62. The highest BCUT2D eigenvalue weighted by Crippen LogP contribution is 2.33. The van der Waals surface area contributed by atoms with Gasteiger partial charge in [0, 0.05) is 0 Å². The smallest absolute Gasteiger partial charge is 0.268 e. The third-order valence-corrected chi connectivity index (χ3v) is 3.57. The van der Waals surface area contributed by atoms with Crippen molar-refractivity contribution in [2.45, 2.75) is 4.90 Å². The number of halogens is 2. The van der Waals surface area contributed by atoms with Crippen molar-refractivity contribution in [3.63, 3.8) is 0 Å². The Bertz CT molecular complexity index is 633. The summed E-state index contributed by atoms with van der Waals surface area (Å²) in [5, 5.41) is 9.11. The Morgan fingerprint density at radius 3 is 1.71 bits per heavy atom. The molecule has 0 radical (unpaired) electrons. The molecule has 1 aromatic rings. The van der Waals surface area contributed by atoms with Gasteiger partial charge in [-0.1, -0.05) is 23.2 Å². The van der Waals surface area contributed by atoms with Crippen LogP contribution in [0.2, 0.25) is 10.0 Å². The molecule has 0 aliphatic carbocycles. The number of nitrogens with two attached hydrogens (primary N) is 2. The Morgan fingerprint density at radius 1 is 1.00 bits per heavy atom. The Balaban J connectivity index is 3.40. The molecule has 1 rings (SSSR count). The summed E-state index contributed by atoms with van der Waals surface area (Å²) in [6, 6.07) is 1.91. The fourth-order valence-electron chi connectivity index (χ4n) is 0.954. The minimum absolute atomic E-state index is 0.219. The number of hydrogen-bond acceptors (Lipinski definition) is 4. The number of rotatable bonds is 3. The maximum atomic E-state index is 11.0. The molecule has 0 spiro atoms. The summed E-state index contributed by atoms with van der Waals surface area (Å²) in [7, 11) is -8.06. The quantitative estimate of drug-likeness (QED) is 0.736. The van der Waals surface area contributed by atoms with Crippen molar-refractivity contribution in [2.75, 3.05) is 4.72 Å². The monoisotopic (exact) mass is 319 g/mol. The number of nitrogens with one attached hydrogen (secondary N) is 1. The molecule has 0 atom stereocenters. The van der Waals surface area contributed by atoms with E-state index in [9.17, 15) is 16.8 Å². The van der Waals surface area contributed by atoms with Crippen LogP contribution in [0.25, 0.3) is 0 Å². The molecule has 0 unspecified atom stereocenters. The van der Waals surface area contributed by atoms with E-state index in [0.29, 0.717) is 0 Å². The second-order valence-electron chi connectivity index (χ2n) is 2.95. The van der Waals surface area contributed by atoms with Gasteiger partial charge in [0.2, 0.25) is 10.0 Å². The summed E-state index contributed by atoms with van der Waals surface area (Å²) >= 11 is 11.3. The highest BCUT2D eigenvalue weighted by Gasteiger charge is 2.16. The van der Waals surface area contributed by atoms with Gasteiger partial charge in [0.1, 0.15) is 0 Å². The lowest BCUT2D eigenvalue weighted by atomic mass is 10.3. The fourth-order valence-corrected chi connectivity index (χ4v) is 2.85. The molecule has 7 nitrogen and oxygen atoms in total. The van der Waals surface area contributed by atoms with Gasteiger partial charge in [-0.2, -0.15) is 8.42 Å². The van der Waals surface area contributed by atoms with E-state index in [0.717, 1.165) is 12.1 Å². The standard InChI is InChI=1S/C6H7Cl2N3O4S2/c7-4-1-3(16(9,12)13)2-5(8)6(4)11-17(10,14)15/h1-2,11H,(H2,9,12,13)(H2,10,14,15). The van der Waals surface area contributed by atoms with Crippen LogP contribution in [0.1, 0.15) is 0 Å². The average molecular weight is 320 g/mol. The van der Waals surface area contributed by atoms with Gasteiger partial charge in [-0.15, -0.1) is 0 Å². The lowest BCUT2D eigenvalue weighted by Crippen LogP contribution is -2.22. The predicted molar refractivity (Wildman–Crippen MR) is 64.6 cm³/mol. The van der Waals surface area contributed by atoms with Gasteiger partial charge in [0.15, 0.2) is 0 Å². The van der Waals surface area contributed by atoms with E-state index < -0.39 is 20.2 Å². The van der Waals surface area contributed by atoms with Gasteiger partial charge in [-0.05, 0) is 12.1 Å². The van der Waals surface area contributed by atoms with Gasteiger partial charge in [0.25, 0.3) is 10.2 Å². The van der Waals surface area contributed by atoms with Crippen molar-refractivity contribution in [1.82, 2.24) is 0 Å². The van der Waals surface area contributed by atoms with Gasteiger partial charge in [-0.3, -0.25) is 4.72 Å². The zero-order valence-corrected chi connectivity index (χ0v) is 11.2. The normalized spacial score (nSPS) is 12.5. The molecule has 1 aromatic carbocycles. The third kappa shape index (κ3) is 3.98. The van der Waals surface area contributed by atoms with E-state index in [1.807, 2.05) is 4.72 Å². The van der Waals surface area contributed by atoms with Crippen LogP contribution in [-0.4, -0.2) is 16.8 Å². The number of primary sulfonamides is 1. The van der Waals surface area contributed by atoms with Gasteiger partial charge < -0.3 is 0 Å². The van der Waals surface area contributed by atoms with Crippen LogP contribution in [-0.2, 0) is 20.2 Å². The summed E-state index contributed by atoms with van der Waals surface area (Å²) in [4.78, 5) is -0.340. The summed E-state index contributed by atoms with van der Waals surface area (Å²) in [6.07, 6.45) is 0. The van der Waals surface area contributed by atoms with Crippen LogP contribution in [0.4, 0.5) is 5.69 Å². The summed E-state index contributed by atoms with van der Waals surface area (Å²) in [6.45, 7) is 0. The van der Waals surface area contributed by atoms with E-state index in [1.165, 1.54) is 0 Å². The lowest BCUT2D eigenvalue weighted by molar-refractivity contribution is 0.597. The maximum Gasteiger partial charge on any atom is 0.296 e. The molecule has 0 aliphatic heterocycles. The highest BCUT2D eigenvalue weighted by atomic mass is 35.5. The topological polar surface area (TPSA) is 132 Å². The first-order valence-electron chi connectivity index (χ1n) is 3.83. The molecular formula is C6H7Cl2N3O4S2. The van der Waals surface area contributed by atoms with Crippen molar-refractivity contribution >= 4 is 49.1 Å². The Labute approximate surface area is 108 Å². The van der Waals surface area contributed by atoms with Crippen molar-refractivity contribution in [2.24, 2.45) is 10.3 Å². The number of anilines is 1. The first-order chi connectivity index (χ1) is 7.50. The van der Waals surface area contributed by atoms with Crippen molar-refractivity contribution < 1.29 is 16.8 Å². The molecule has 5 N–H and O–H groups in total. The molecule has 0 saturated carbocycles. The largest absolute Gasteiger partial charge is 0.296 e. The van der Waals surface area contributed by atoms with Gasteiger partial charge in [0.05, 0.1) is 20.6 Å². The summed E-state index contributed by atoms with van der Waals surface area (Å²) < 4.78 is 45.5.